The first-order valence-electron chi connectivity index (χ1n) is 9.69. The molecule has 1 aromatic heterocycles. The molecule has 2 aromatic rings. The highest BCUT2D eigenvalue weighted by molar-refractivity contribution is 5.98. The van der Waals surface area contributed by atoms with Crippen LogP contribution in [0.1, 0.15) is 62.6 Å². The summed E-state index contributed by atoms with van der Waals surface area (Å²) >= 11 is 0. The van der Waals surface area contributed by atoms with Gasteiger partial charge in [-0.05, 0) is 70.9 Å². The first-order chi connectivity index (χ1) is 13.3. The van der Waals surface area contributed by atoms with Crippen LogP contribution in [0.2, 0.25) is 0 Å². The monoisotopic (exact) mass is 384 g/mol. The van der Waals surface area contributed by atoms with Gasteiger partial charge in [0.1, 0.15) is 11.4 Å². The molecule has 2 amide bonds. The van der Waals surface area contributed by atoms with E-state index in [-0.39, 0.29) is 23.9 Å². The molecule has 1 aliphatic rings. The van der Waals surface area contributed by atoms with E-state index in [0.29, 0.717) is 23.9 Å². The number of carbonyl (C=O) groups is 2. The molecule has 1 aliphatic carbocycles. The molecule has 1 heterocycles. The van der Waals surface area contributed by atoms with Crippen molar-refractivity contribution in [2.45, 2.75) is 52.0 Å². The highest BCUT2D eigenvalue weighted by Crippen LogP contribution is 2.40. The maximum atomic E-state index is 12.7. The average Bonchev–Trinajstić information content (AvgIpc) is 3.38. The molecule has 7 heteroatoms. The Bertz CT molecular complexity index is 846. The quantitative estimate of drug-likeness (QED) is 0.767. The fourth-order valence-electron chi connectivity index (χ4n) is 2.91. The lowest BCUT2D eigenvalue weighted by atomic mass is 10.1. The molecule has 2 N–H and O–H groups in total. The van der Waals surface area contributed by atoms with Gasteiger partial charge in [-0.25, -0.2) is 0 Å². The molecule has 0 unspecified atom stereocenters. The molecule has 150 valence electrons. The maximum absolute atomic E-state index is 12.7. The molecule has 1 aromatic carbocycles. The Morgan fingerprint density at radius 1 is 1.21 bits per heavy atom. The molecule has 0 radical (unpaired) electrons. The Hall–Kier alpha value is -2.83. The van der Waals surface area contributed by atoms with Crippen LogP contribution in [0.25, 0.3) is 0 Å². The largest absolute Gasteiger partial charge is 0.494 e. The van der Waals surface area contributed by atoms with E-state index in [1.807, 2.05) is 33.8 Å². The number of hydrogen-bond acceptors (Lipinski definition) is 4. The van der Waals surface area contributed by atoms with Crippen molar-refractivity contribution in [1.82, 2.24) is 15.1 Å². The van der Waals surface area contributed by atoms with Crippen LogP contribution in [0.5, 0.6) is 5.75 Å². The molecule has 28 heavy (non-hydrogen) atoms. The van der Waals surface area contributed by atoms with Gasteiger partial charge in [0.25, 0.3) is 5.91 Å². The number of nitrogens with one attached hydrogen (secondary N) is 2. The summed E-state index contributed by atoms with van der Waals surface area (Å²) in [6.45, 7) is 8.41. The van der Waals surface area contributed by atoms with Gasteiger partial charge in [0, 0.05) is 11.6 Å². The van der Waals surface area contributed by atoms with Crippen LogP contribution < -0.4 is 15.4 Å². The lowest BCUT2D eigenvalue weighted by Crippen LogP contribution is -2.36. The molecule has 0 atom stereocenters. The second-order valence-electron chi connectivity index (χ2n) is 8.00. The van der Waals surface area contributed by atoms with Gasteiger partial charge in [-0.2, -0.15) is 5.10 Å². The Morgan fingerprint density at radius 3 is 2.46 bits per heavy atom. The van der Waals surface area contributed by atoms with Crippen molar-refractivity contribution in [1.29, 1.82) is 0 Å². The zero-order chi connectivity index (χ0) is 20.3. The van der Waals surface area contributed by atoms with Crippen molar-refractivity contribution >= 4 is 17.5 Å². The van der Waals surface area contributed by atoms with Crippen LogP contribution in [0.3, 0.4) is 0 Å². The third kappa shape index (κ3) is 4.91. The topological polar surface area (TPSA) is 85.2 Å². The number of aromatic nitrogens is 2. The van der Waals surface area contributed by atoms with Gasteiger partial charge < -0.3 is 15.4 Å². The van der Waals surface area contributed by atoms with Gasteiger partial charge in [0.2, 0.25) is 5.91 Å². The van der Waals surface area contributed by atoms with Gasteiger partial charge in [0.15, 0.2) is 0 Å². The molecule has 7 nitrogen and oxygen atoms in total. The zero-order valence-electron chi connectivity index (χ0n) is 16.9. The average molecular weight is 384 g/mol. The molecular weight excluding hydrogens is 356 g/mol. The Labute approximate surface area is 165 Å². The van der Waals surface area contributed by atoms with Crippen molar-refractivity contribution in [2.75, 3.05) is 18.5 Å². The van der Waals surface area contributed by atoms with Gasteiger partial charge >= 0.3 is 0 Å². The highest BCUT2D eigenvalue weighted by Gasteiger charge is 2.31. The molecule has 3 rings (SSSR count). The highest BCUT2D eigenvalue weighted by atomic mass is 16.5. The van der Waals surface area contributed by atoms with E-state index in [4.69, 9.17) is 4.74 Å². The number of rotatable bonds is 7. The Kier molecular flexibility index (Phi) is 5.72. The molecule has 0 aliphatic heterocycles. The predicted octanol–water partition coefficient (Wildman–Crippen LogP) is 3.28. The smallest absolute Gasteiger partial charge is 0.270 e. The van der Waals surface area contributed by atoms with Crippen molar-refractivity contribution in [3.63, 3.8) is 0 Å². The second kappa shape index (κ2) is 8.04. The Balaban J connectivity index is 1.59. The van der Waals surface area contributed by atoms with Crippen LogP contribution in [0.4, 0.5) is 5.69 Å². The minimum Gasteiger partial charge on any atom is -0.494 e. The third-order valence-corrected chi connectivity index (χ3v) is 4.45. The SMILES string of the molecule is CCOc1ccc(NC(=O)CNC(=O)c2cc(C3CC3)nn2C(C)(C)C)cc1. The van der Waals surface area contributed by atoms with E-state index in [0.717, 1.165) is 24.3 Å². The number of carbonyl (C=O) groups excluding carboxylic acids is 2. The van der Waals surface area contributed by atoms with E-state index in [1.54, 1.807) is 28.9 Å². The second-order valence-corrected chi connectivity index (χ2v) is 8.00. The zero-order valence-corrected chi connectivity index (χ0v) is 16.9. The number of ether oxygens (including phenoxy) is 1. The minimum absolute atomic E-state index is 0.111. The van der Waals surface area contributed by atoms with Crippen molar-refractivity contribution in [3.8, 4) is 5.75 Å². The summed E-state index contributed by atoms with van der Waals surface area (Å²) in [4.78, 5) is 24.9. The third-order valence-electron chi connectivity index (χ3n) is 4.45. The normalized spacial score (nSPS) is 13.9. The van der Waals surface area contributed by atoms with Gasteiger partial charge in [0.05, 0.1) is 24.4 Å². The predicted molar refractivity (Wildman–Crippen MR) is 108 cm³/mol. The lowest BCUT2D eigenvalue weighted by Gasteiger charge is -2.22. The number of hydrogen-bond donors (Lipinski definition) is 2. The molecule has 1 fully saturated rings. The number of benzene rings is 1. The fraction of sp³-hybridized carbons (Fsp3) is 0.476. The van der Waals surface area contributed by atoms with Crippen LogP contribution >= 0.6 is 0 Å². The molecule has 1 saturated carbocycles. The van der Waals surface area contributed by atoms with Crippen molar-refractivity contribution in [3.05, 3.63) is 41.7 Å². The first kappa shape index (κ1) is 19.9. The van der Waals surface area contributed by atoms with E-state index >= 15 is 0 Å². The van der Waals surface area contributed by atoms with Gasteiger partial charge in [-0.1, -0.05) is 0 Å². The molecular formula is C21H28N4O3. The maximum Gasteiger partial charge on any atom is 0.270 e. The van der Waals surface area contributed by atoms with Crippen LogP contribution in [-0.2, 0) is 10.3 Å². The molecule has 0 bridgehead atoms. The first-order valence-corrected chi connectivity index (χ1v) is 9.69. The minimum atomic E-state index is -0.315. The van der Waals surface area contributed by atoms with Crippen LogP contribution in [-0.4, -0.2) is 34.7 Å². The summed E-state index contributed by atoms with van der Waals surface area (Å²) in [6, 6.07) is 8.96. The number of amides is 2. The summed E-state index contributed by atoms with van der Waals surface area (Å²) in [7, 11) is 0. The summed E-state index contributed by atoms with van der Waals surface area (Å²) in [5, 5.41) is 10.1. The summed E-state index contributed by atoms with van der Waals surface area (Å²) in [5.41, 5.74) is 1.78. The summed E-state index contributed by atoms with van der Waals surface area (Å²) in [6.07, 6.45) is 2.24. The van der Waals surface area contributed by atoms with Crippen LogP contribution in [0, 0.1) is 0 Å². The number of nitrogens with zero attached hydrogens (tertiary/aromatic N) is 2. The Morgan fingerprint density at radius 2 is 1.89 bits per heavy atom. The van der Waals surface area contributed by atoms with E-state index in [2.05, 4.69) is 15.7 Å². The van der Waals surface area contributed by atoms with Gasteiger partial charge in [-0.3, -0.25) is 14.3 Å². The standard InChI is InChI=1S/C21H28N4O3/c1-5-28-16-10-8-15(9-11-16)23-19(26)13-22-20(27)18-12-17(14-6-7-14)24-25(18)21(2,3)4/h8-12,14H,5-7,13H2,1-4H3,(H,22,27)(H,23,26). The fourth-order valence-corrected chi connectivity index (χ4v) is 2.91. The summed E-state index contributed by atoms with van der Waals surface area (Å²) in [5.74, 6) is 0.617. The van der Waals surface area contributed by atoms with Crippen LogP contribution in [0.15, 0.2) is 30.3 Å². The van der Waals surface area contributed by atoms with E-state index < -0.39 is 0 Å². The van der Waals surface area contributed by atoms with E-state index in [9.17, 15) is 9.59 Å². The van der Waals surface area contributed by atoms with Crippen molar-refractivity contribution < 1.29 is 14.3 Å². The lowest BCUT2D eigenvalue weighted by molar-refractivity contribution is -0.115. The summed E-state index contributed by atoms with van der Waals surface area (Å²) < 4.78 is 7.13. The molecule has 0 saturated heterocycles. The number of anilines is 1. The van der Waals surface area contributed by atoms with Gasteiger partial charge in [-0.15, -0.1) is 0 Å². The van der Waals surface area contributed by atoms with Crippen molar-refractivity contribution in [2.24, 2.45) is 0 Å². The van der Waals surface area contributed by atoms with E-state index in [1.165, 1.54) is 0 Å². The molecule has 0 spiro atoms.